The second-order valence-electron chi connectivity index (χ2n) is 8.19. The third kappa shape index (κ3) is 5.01. The Labute approximate surface area is 163 Å². The van der Waals surface area contributed by atoms with Crippen molar-refractivity contribution < 1.29 is 4.79 Å². The van der Waals surface area contributed by atoms with Crippen molar-refractivity contribution >= 4 is 11.9 Å². The lowest BCUT2D eigenvalue weighted by molar-refractivity contribution is 0.0951. The minimum absolute atomic E-state index is 0.0189. The molecule has 2 fully saturated rings. The van der Waals surface area contributed by atoms with Gasteiger partial charge in [0.15, 0.2) is 5.96 Å². The van der Waals surface area contributed by atoms with Gasteiger partial charge in [0.05, 0.1) is 0 Å². The molecule has 1 spiro atoms. The number of nitrogens with zero attached hydrogens (tertiary/aromatic N) is 3. The zero-order valence-electron chi connectivity index (χ0n) is 16.9. The summed E-state index contributed by atoms with van der Waals surface area (Å²) in [4.78, 5) is 21.2. The molecule has 2 N–H and O–H groups in total. The standard InChI is InChI=1S/C21H33N5O/c1-22-20(26-12-10-21(16-26)8-5-9-21)24-15-17-6-4-7-18(14-17)19(27)23-11-13-25(2)3/h4,6-7,14H,5,8-13,15-16H2,1-3H3,(H,22,24)(H,23,27). The highest BCUT2D eigenvalue weighted by molar-refractivity contribution is 5.94. The summed E-state index contributed by atoms with van der Waals surface area (Å²) in [5.74, 6) is 0.953. The van der Waals surface area contributed by atoms with E-state index in [-0.39, 0.29) is 5.91 Å². The molecule has 148 valence electrons. The van der Waals surface area contributed by atoms with Crippen LogP contribution < -0.4 is 10.6 Å². The van der Waals surface area contributed by atoms with Gasteiger partial charge in [-0.1, -0.05) is 18.6 Å². The van der Waals surface area contributed by atoms with Gasteiger partial charge in [-0.25, -0.2) is 0 Å². The highest BCUT2D eigenvalue weighted by Crippen LogP contribution is 2.47. The van der Waals surface area contributed by atoms with Crippen molar-refractivity contribution in [3.63, 3.8) is 0 Å². The first kappa shape index (κ1) is 19.7. The van der Waals surface area contributed by atoms with Crippen LogP contribution >= 0.6 is 0 Å². The molecule has 1 heterocycles. The Morgan fingerprint density at radius 3 is 2.70 bits per heavy atom. The predicted molar refractivity (Wildman–Crippen MR) is 110 cm³/mol. The number of hydrogen-bond donors (Lipinski definition) is 2. The van der Waals surface area contributed by atoms with Gasteiger partial charge in [0, 0.05) is 45.3 Å². The van der Waals surface area contributed by atoms with Crippen molar-refractivity contribution in [3.05, 3.63) is 35.4 Å². The minimum Gasteiger partial charge on any atom is -0.352 e. The lowest BCUT2D eigenvalue weighted by atomic mass is 9.68. The molecule has 1 aliphatic carbocycles. The van der Waals surface area contributed by atoms with E-state index in [1.165, 1.54) is 25.7 Å². The van der Waals surface area contributed by atoms with Crippen molar-refractivity contribution in [3.8, 4) is 0 Å². The monoisotopic (exact) mass is 371 g/mol. The topological polar surface area (TPSA) is 60.0 Å². The number of carbonyl (C=O) groups excluding carboxylic acids is 1. The van der Waals surface area contributed by atoms with E-state index in [0.29, 0.717) is 24.1 Å². The summed E-state index contributed by atoms with van der Waals surface area (Å²) in [6, 6.07) is 7.82. The van der Waals surface area contributed by atoms with E-state index in [9.17, 15) is 4.79 Å². The van der Waals surface area contributed by atoms with E-state index >= 15 is 0 Å². The number of amides is 1. The molecule has 27 heavy (non-hydrogen) atoms. The van der Waals surface area contributed by atoms with Crippen LogP contribution in [0.5, 0.6) is 0 Å². The molecule has 0 atom stereocenters. The summed E-state index contributed by atoms with van der Waals surface area (Å²) in [7, 11) is 5.85. The number of carbonyl (C=O) groups is 1. The lowest BCUT2D eigenvalue weighted by Gasteiger charge is -2.38. The molecule has 3 rings (SSSR count). The van der Waals surface area contributed by atoms with Gasteiger partial charge in [0.2, 0.25) is 0 Å². The zero-order valence-corrected chi connectivity index (χ0v) is 16.9. The SMILES string of the molecule is CN=C(NCc1cccc(C(=O)NCCN(C)C)c1)N1CCC2(CCC2)C1. The highest BCUT2D eigenvalue weighted by Gasteiger charge is 2.43. The Bertz CT molecular complexity index is 681. The number of guanidine groups is 1. The molecule has 1 amide bonds. The number of rotatable bonds is 6. The highest BCUT2D eigenvalue weighted by atomic mass is 16.1. The summed E-state index contributed by atoms with van der Waals surface area (Å²) >= 11 is 0. The van der Waals surface area contributed by atoms with Gasteiger partial charge < -0.3 is 20.4 Å². The van der Waals surface area contributed by atoms with E-state index in [4.69, 9.17) is 0 Å². The van der Waals surface area contributed by atoms with Crippen molar-refractivity contribution in [2.45, 2.75) is 32.2 Å². The normalized spacial score (nSPS) is 18.7. The summed E-state index contributed by atoms with van der Waals surface area (Å²) in [6.45, 7) is 4.38. The molecule has 1 aromatic rings. The van der Waals surface area contributed by atoms with Crippen molar-refractivity contribution in [2.75, 3.05) is 47.3 Å². The van der Waals surface area contributed by atoms with Crippen LogP contribution in [-0.4, -0.2) is 69.0 Å². The number of aliphatic imine (C=N–C) groups is 1. The molecule has 0 radical (unpaired) electrons. The molecule has 6 nitrogen and oxygen atoms in total. The maximum Gasteiger partial charge on any atom is 0.251 e. The van der Waals surface area contributed by atoms with Gasteiger partial charge in [-0.3, -0.25) is 9.79 Å². The molecule has 1 saturated carbocycles. The number of likely N-dealkylation sites (N-methyl/N-ethyl adjacent to an activating group) is 1. The molecule has 1 saturated heterocycles. The van der Waals surface area contributed by atoms with Crippen molar-refractivity contribution in [1.82, 2.24) is 20.4 Å². The average Bonchev–Trinajstić information content (AvgIpc) is 3.08. The Morgan fingerprint density at radius 2 is 2.07 bits per heavy atom. The number of likely N-dealkylation sites (tertiary alicyclic amines) is 1. The van der Waals surface area contributed by atoms with E-state index < -0.39 is 0 Å². The number of hydrogen-bond acceptors (Lipinski definition) is 3. The summed E-state index contributed by atoms with van der Waals surface area (Å²) in [5.41, 5.74) is 2.36. The van der Waals surface area contributed by atoms with Crippen LogP contribution in [0.2, 0.25) is 0 Å². The fourth-order valence-corrected chi connectivity index (χ4v) is 4.03. The van der Waals surface area contributed by atoms with Crippen LogP contribution in [0.15, 0.2) is 29.3 Å². The molecule has 2 aliphatic rings. The summed E-state index contributed by atoms with van der Waals surface area (Å²) < 4.78 is 0. The first-order valence-electron chi connectivity index (χ1n) is 9.99. The molecule has 0 bridgehead atoms. The third-order valence-electron chi connectivity index (χ3n) is 5.85. The third-order valence-corrected chi connectivity index (χ3v) is 5.85. The predicted octanol–water partition coefficient (Wildman–Crippen LogP) is 1.93. The Hall–Kier alpha value is -2.08. The molecular weight excluding hydrogens is 338 g/mol. The first-order valence-corrected chi connectivity index (χ1v) is 9.99. The van der Waals surface area contributed by atoms with Crippen LogP contribution in [0.25, 0.3) is 0 Å². The van der Waals surface area contributed by atoms with E-state index in [0.717, 1.165) is 31.2 Å². The lowest BCUT2D eigenvalue weighted by Crippen LogP contribution is -2.42. The first-order chi connectivity index (χ1) is 13.0. The minimum atomic E-state index is -0.0189. The van der Waals surface area contributed by atoms with Gasteiger partial charge in [-0.05, 0) is 56.5 Å². The van der Waals surface area contributed by atoms with Crippen LogP contribution in [-0.2, 0) is 6.54 Å². The van der Waals surface area contributed by atoms with Crippen LogP contribution in [0, 0.1) is 5.41 Å². The van der Waals surface area contributed by atoms with Crippen LogP contribution in [0.1, 0.15) is 41.6 Å². The quantitative estimate of drug-likeness (QED) is 0.593. The molecule has 0 aromatic heterocycles. The van der Waals surface area contributed by atoms with Crippen molar-refractivity contribution in [1.29, 1.82) is 0 Å². The van der Waals surface area contributed by atoms with Gasteiger partial charge in [0.25, 0.3) is 5.91 Å². The van der Waals surface area contributed by atoms with E-state index in [1.807, 2.05) is 45.4 Å². The Kier molecular flexibility index (Phi) is 6.37. The molecule has 1 aromatic carbocycles. The van der Waals surface area contributed by atoms with Crippen LogP contribution in [0.3, 0.4) is 0 Å². The smallest absolute Gasteiger partial charge is 0.251 e. The Balaban J connectivity index is 1.52. The van der Waals surface area contributed by atoms with Gasteiger partial charge in [0.1, 0.15) is 0 Å². The second kappa shape index (κ2) is 8.74. The van der Waals surface area contributed by atoms with Crippen molar-refractivity contribution in [2.24, 2.45) is 10.4 Å². The molecule has 0 unspecified atom stereocenters. The van der Waals surface area contributed by atoms with E-state index in [1.54, 1.807) is 0 Å². The second-order valence-corrected chi connectivity index (χ2v) is 8.19. The fourth-order valence-electron chi connectivity index (χ4n) is 4.03. The summed E-state index contributed by atoms with van der Waals surface area (Å²) in [5, 5.41) is 6.44. The fraction of sp³-hybridized carbons (Fsp3) is 0.619. The van der Waals surface area contributed by atoms with Gasteiger partial charge in [-0.15, -0.1) is 0 Å². The number of nitrogens with one attached hydrogen (secondary N) is 2. The van der Waals surface area contributed by atoms with Gasteiger partial charge >= 0.3 is 0 Å². The molecule has 1 aliphatic heterocycles. The van der Waals surface area contributed by atoms with Gasteiger partial charge in [-0.2, -0.15) is 0 Å². The number of benzene rings is 1. The molecule has 6 heteroatoms. The maximum absolute atomic E-state index is 12.3. The van der Waals surface area contributed by atoms with E-state index in [2.05, 4.69) is 25.4 Å². The zero-order chi connectivity index (χ0) is 19.3. The summed E-state index contributed by atoms with van der Waals surface area (Å²) in [6.07, 6.45) is 5.40. The van der Waals surface area contributed by atoms with Crippen LogP contribution in [0.4, 0.5) is 0 Å². The molecular formula is C21H33N5O. The maximum atomic E-state index is 12.3. The average molecular weight is 372 g/mol. The Morgan fingerprint density at radius 1 is 1.26 bits per heavy atom. The largest absolute Gasteiger partial charge is 0.352 e.